The summed E-state index contributed by atoms with van der Waals surface area (Å²) in [5.41, 5.74) is 2.46. The minimum Gasteiger partial charge on any atom is -0.378 e. The van der Waals surface area contributed by atoms with Crippen LogP contribution in [0.2, 0.25) is 0 Å². The lowest BCUT2D eigenvalue weighted by Crippen LogP contribution is -3.18. The maximum atomic E-state index is 4.78. The highest BCUT2D eigenvalue weighted by Gasteiger charge is 2.35. The predicted molar refractivity (Wildman–Crippen MR) is 94.3 cm³/mol. The summed E-state index contributed by atoms with van der Waals surface area (Å²) in [4.78, 5) is 8.78. The third-order valence-corrected chi connectivity index (χ3v) is 5.42. The van der Waals surface area contributed by atoms with Crippen molar-refractivity contribution in [2.75, 3.05) is 38.6 Å². The summed E-state index contributed by atoms with van der Waals surface area (Å²) in [6, 6.07) is 9.54. The molecule has 3 heteroatoms. The van der Waals surface area contributed by atoms with Gasteiger partial charge in [0.15, 0.2) is 0 Å². The van der Waals surface area contributed by atoms with Crippen LogP contribution in [0, 0.1) is 5.92 Å². The van der Waals surface area contributed by atoms with Crippen LogP contribution in [0.3, 0.4) is 0 Å². The molecule has 2 aliphatic rings. The van der Waals surface area contributed by atoms with Crippen LogP contribution in [0.25, 0.3) is 0 Å². The minimum atomic E-state index is 0.807. The second-order valence-electron chi connectivity index (χ2n) is 7.14. The molecule has 2 saturated heterocycles. The van der Waals surface area contributed by atoms with Crippen LogP contribution in [0.5, 0.6) is 0 Å². The van der Waals surface area contributed by atoms with Gasteiger partial charge in [0.1, 0.15) is 0 Å². The van der Waals surface area contributed by atoms with Crippen LogP contribution in [-0.2, 0) is 0 Å². The molecule has 3 rings (SSSR count). The monoisotopic (exact) mass is 300 g/mol. The zero-order valence-corrected chi connectivity index (χ0v) is 14.1. The summed E-state index contributed by atoms with van der Waals surface area (Å²) in [5, 5.41) is 0. The van der Waals surface area contributed by atoms with Crippen LogP contribution in [0.4, 0.5) is 5.69 Å². The van der Waals surface area contributed by atoms with Gasteiger partial charge in [-0.3, -0.25) is 4.99 Å². The Morgan fingerprint density at radius 1 is 1.09 bits per heavy atom. The molecule has 0 amide bonds. The highest BCUT2D eigenvalue weighted by Crippen LogP contribution is 2.20. The molecule has 0 aliphatic carbocycles. The number of aliphatic imine (C=N–C) groups is 1. The van der Waals surface area contributed by atoms with Gasteiger partial charge in [-0.1, -0.05) is 12.1 Å². The molecule has 1 N–H and O–H groups in total. The number of benzene rings is 1. The van der Waals surface area contributed by atoms with Gasteiger partial charge in [-0.05, 0) is 49.8 Å². The van der Waals surface area contributed by atoms with Crippen molar-refractivity contribution < 1.29 is 4.90 Å². The molecule has 1 aromatic carbocycles. The highest BCUT2D eigenvalue weighted by molar-refractivity contribution is 5.80. The van der Waals surface area contributed by atoms with E-state index in [1.165, 1.54) is 56.4 Å². The Bertz CT molecular complexity index is 490. The van der Waals surface area contributed by atoms with Crippen LogP contribution < -0.4 is 9.80 Å². The Morgan fingerprint density at radius 3 is 2.64 bits per heavy atom. The number of nitrogens with zero attached hydrogens (tertiary/aromatic N) is 2. The molecule has 22 heavy (non-hydrogen) atoms. The molecular weight excluding hydrogens is 270 g/mol. The van der Waals surface area contributed by atoms with E-state index in [1.54, 1.807) is 0 Å². The Kier molecular flexibility index (Phi) is 5.14. The molecule has 0 aromatic heterocycles. The molecule has 3 nitrogen and oxygen atoms in total. The normalized spacial score (nSPS) is 28.5. The molecule has 0 saturated carbocycles. The van der Waals surface area contributed by atoms with E-state index in [2.05, 4.69) is 49.5 Å². The lowest BCUT2D eigenvalue weighted by Gasteiger charge is -2.40. The van der Waals surface area contributed by atoms with E-state index < -0.39 is 0 Å². The number of anilines is 1. The lowest BCUT2D eigenvalue weighted by molar-refractivity contribution is -0.939. The second-order valence-corrected chi connectivity index (χ2v) is 7.14. The van der Waals surface area contributed by atoms with Gasteiger partial charge in [0.05, 0.1) is 19.1 Å². The van der Waals surface area contributed by atoms with Gasteiger partial charge in [0.2, 0.25) is 0 Å². The third-order valence-electron chi connectivity index (χ3n) is 5.42. The summed E-state index contributed by atoms with van der Waals surface area (Å²) in [7, 11) is 4.15. The van der Waals surface area contributed by atoms with Crippen molar-refractivity contribution in [3.8, 4) is 0 Å². The standard InChI is InChI=1S/C19H29N3/c1-21(2)18-10-8-16(9-11-18)14-20-15-17-6-5-13-22-12-4-3-7-19(17)22/h8-11,14,17,19H,3-7,12-13,15H2,1-2H3/p+1/t17-,19-/m0/s1. The van der Waals surface area contributed by atoms with E-state index in [0.717, 1.165) is 18.5 Å². The smallest absolute Gasteiger partial charge is 0.0921 e. The Labute approximate surface area is 135 Å². The predicted octanol–water partition coefficient (Wildman–Crippen LogP) is 2.02. The van der Waals surface area contributed by atoms with Crippen LogP contribution >= 0.6 is 0 Å². The lowest BCUT2D eigenvalue weighted by atomic mass is 9.83. The topological polar surface area (TPSA) is 20.0 Å². The van der Waals surface area contributed by atoms with Gasteiger partial charge in [-0.2, -0.15) is 0 Å². The average molecular weight is 300 g/mol. The molecule has 2 aliphatic heterocycles. The van der Waals surface area contributed by atoms with Crippen molar-refractivity contribution in [1.82, 2.24) is 0 Å². The number of rotatable bonds is 4. The Morgan fingerprint density at radius 2 is 1.86 bits per heavy atom. The fourth-order valence-corrected chi connectivity index (χ4v) is 4.15. The van der Waals surface area contributed by atoms with Crippen molar-refractivity contribution in [2.24, 2.45) is 10.9 Å². The van der Waals surface area contributed by atoms with E-state index in [9.17, 15) is 0 Å². The quantitative estimate of drug-likeness (QED) is 0.844. The summed E-state index contributed by atoms with van der Waals surface area (Å²) in [6.45, 7) is 3.82. The summed E-state index contributed by atoms with van der Waals surface area (Å²) >= 11 is 0. The molecule has 1 aromatic rings. The van der Waals surface area contributed by atoms with Crippen molar-refractivity contribution in [2.45, 2.75) is 38.1 Å². The van der Waals surface area contributed by atoms with Gasteiger partial charge in [-0.15, -0.1) is 0 Å². The first-order valence-corrected chi connectivity index (χ1v) is 8.86. The molecule has 2 fully saturated rings. The molecule has 2 heterocycles. The zero-order chi connectivity index (χ0) is 15.4. The molecular formula is C19H30N3+. The Hall–Kier alpha value is -1.35. The van der Waals surface area contributed by atoms with Crippen molar-refractivity contribution >= 4 is 11.9 Å². The number of hydrogen-bond acceptors (Lipinski definition) is 2. The van der Waals surface area contributed by atoms with Gasteiger partial charge in [-0.25, -0.2) is 0 Å². The third kappa shape index (κ3) is 3.70. The number of nitrogens with one attached hydrogen (secondary N) is 1. The first-order valence-electron chi connectivity index (χ1n) is 8.86. The summed E-state index contributed by atoms with van der Waals surface area (Å²) in [5.74, 6) is 0.807. The van der Waals surface area contributed by atoms with Gasteiger partial charge in [0.25, 0.3) is 0 Å². The van der Waals surface area contributed by atoms with E-state index in [4.69, 9.17) is 4.99 Å². The van der Waals surface area contributed by atoms with Crippen molar-refractivity contribution in [1.29, 1.82) is 0 Å². The average Bonchev–Trinajstić information content (AvgIpc) is 2.55. The number of quaternary nitrogens is 1. The Balaban J connectivity index is 1.56. The van der Waals surface area contributed by atoms with E-state index in [0.29, 0.717) is 0 Å². The summed E-state index contributed by atoms with van der Waals surface area (Å²) in [6.07, 6.45) is 9.12. The van der Waals surface area contributed by atoms with Crippen LogP contribution in [0.1, 0.15) is 37.7 Å². The van der Waals surface area contributed by atoms with Gasteiger partial charge in [0, 0.05) is 38.5 Å². The number of hydrogen-bond donors (Lipinski definition) is 1. The van der Waals surface area contributed by atoms with Crippen LogP contribution in [0.15, 0.2) is 29.3 Å². The van der Waals surface area contributed by atoms with E-state index in [1.807, 2.05) is 4.90 Å². The van der Waals surface area contributed by atoms with Crippen molar-refractivity contribution in [3.05, 3.63) is 29.8 Å². The summed E-state index contributed by atoms with van der Waals surface area (Å²) < 4.78 is 0. The molecule has 0 radical (unpaired) electrons. The second kappa shape index (κ2) is 7.28. The van der Waals surface area contributed by atoms with Gasteiger partial charge < -0.3 is 9.80 Å². The first kappa shape index (κ1) is 15.5. The van der Waals surface area contributed by atoms with E-state index >= 15 is 0 Å². The van der Waals surface area contributed by atoms with Crippen LogP contribution in [-0.4, -0.2) is 46.0 Å². The van der Waals surface area contributed by atoms with Gasteiger partial charge >= 0.3 is 0 Å². The molecule has 0 bridgehead atoms. The SMILES string of the molecule is CN(C)c1ccc(C=NC[C@@H]2CCC[NH+]3CCCC[C@@H]23)cc1. The highest BCUT2D eigenvalue weighted by atomic mass is 15.2. The molecule has 120 valence electrons. The first-order chi connectivity index (χ1) is 10.7. The minimum absolute atomic E-state index is 0.807. The molecule has 0 spiro atoms. The maximum Gasteiger partial charge on any atom is 0.0921 e. The molecule has 1 unspecified atom stereocenters. The number of piperidine rings is 2. The fraction of sp³-hybridized carbons (Fsp3) is 0.632. The largest absolute Gasteiger partial charge is 0.378 e. The van der Waals surface area contributed by atoms with E-state index in [-0.39, 0.29) is 0 Å². The fourth-order valence-electron chi connectivity index (χ4n) is 4.15. The number of fused-ring (bicyclic) bond motifs is 1. The maximum absolute atomic E-state index is 4.78. The van der Waals surface area contributed by atoms with Crippen molar-refractivity contribution in [3.63, 3.8) is 0 Å². The molecule has 3 atom stereocenters. The zero-order valence-electron chi connectivity index (χ0n) is 14.1.